The lowest BCUT2D eigenvalue weighted by Crippen LogP contribution is -2.53. The Bertz CT molecular complexity index is 1130. The van der Waals surface area contributed by atoms with Gasteiger partial charge in [0.25, 0.3) is 0 Å². The van der Waals surface area contributed by atoms with E-state index in [1.165, 1.54) is 7.11 Å². The van der Waals surface area contributed by atoms with Crippen molar-refractivity contribution in [3.63, 3.8) is 0 Å². The summed E-state index contributed by atoms with van der Waals surface area (Å²) in [4.78, 5) is 41.4. The Balaban J connectivity index is 1.83. The zero-order chi connectivity index (χ0) is 24.7. The van der Waals surface area contributed by atoms with Crippen molar-refractivity contribution in [1.29, 1.82) is 0 Å². The highest BCUT2D eigenvalue weighted by molar-refractivity contribution is 5.91. The molecule has 0 aliphatic heterocycles. The summed E-state index contributed by atoms with van der Waals surface area (Å²) < 4.78 is 10.3. The van der Waals surface area contributed by atoms with E-state index in [1.807, 2.05) is 60.8 Å². The van der Waals surface area contributed by atoms with Gasteiger partial charge in [-0.1, -0.05) is 48.5 Å². The molecule has 0 bridgehead atoms. The van der Waals surface area contributed by atoms with Crippen LogP contribution in [0.4, 0.5) is 4.79 Å². The van der Waals surface area contributed by atoms with Crippen LogP contribution in [0.5, 0.6) is 0 Å². The van der Waals surface area contributed by atoms with Crippen LogP contribution >= 0.6 is 0 Å². The summed E-state index contributed by atoms with van der Waals surface area (Å²) in [6.45, 7) is 5.23. The maximum absolute atomic E-state index is 13.3. The number of H-pyrrole nitrogens is 1. The average molecular weight is 466 g/mol. The van der Waals surface area contributed by atoms with Crippen LogP contribution < -0.4 is 10.6 Å². The van der Waals surface area contributed by atoms with Crippen LogP contribution in [0.15, 0.2) is 60.8 Å². The normalized spacial score (nSPS) is 13.1. The number of esters is 1. The molecular weight excluding hydrogens is 434 g/mol. The molecular formula is C26H31N3O5. The van der Waals surface area contributed by atoms with E-state index in [9.17, 15) is 14.4 Å². The molecule has 0 unspecified atom stereocenters. The van der Waals surface area contributed by atoms with Gasteiger partial charge in [-0.15, -0.1) is 0 Å². The van der Waals surface area contributed by atoms with Gasteiger partial charge in [-0.25, -0.2) is 9.59 Å². The molecule has 34 heavy (non-hydrogen) atoms. The third-order valence-electron chi connectivity index (χ3n) is 5.19. The van der Waals surface area contributed by atoms with E-state index in [0.29, 0.717) is 0 Å². The molecule has 0 aliphatic carbocycles. The van der Waals surface area contributed by atoms with Gasteiger partial charge in [0.05, 0.1) is 7.11 Å². The number of hydrogen-bond donors (Lipinski definition) is 3. The number of ether oxygens (including phenoxy) is 2. The van der Waals surface area contributed by atoms with Crippen molar-refractivity contribution >= 4 is 28.9 Å². The number of hydrogen-bond acceptors (Lipinski definition) is 5. The molecule has 2 atom stereocenters. The van der Waals surface area contributed by atoms with Crippen molar-refractivity contribution in [3.05, 3.63) is 71.9 Å². The highest BCUT2D eigenvalue weighted by atomic mass is 16.6. The quantitative estimate of drug-likeness (QED) is 0.441. The monoisotopic (exact) mass is 465 g/mol. The van der Waals surface area contributed by atoms with E-state index in [1.54, 1.807) is 20.8 Å². The van der Waals surface area contributed by atoms with Gasteiger partial charge in [-0.2, -0.15) is 0 Å². The van der Waals surface area contributed by atoms with Crippen LogP contribution in [0.1, 0.15) is 31.9 Å². The van der Waals surface area contributed by atoms with Gasteiger partial charge in [0.15, 0.2) is 0 Å². The van der Waals surface area contributed by atoms with E-state index in [2.05, 4.69) is 15.6 Å². The first kappa shape index (κ1) is 24.8. The lowest BCUT2D eigenvalue weighted by atomic mass is 10.0. The van der Waals surface area contributed by atoms with Crippen molar-refractivity contribution in [3.8, 4) is 0 Å². The highest BCUT2D eigenvalue weighted by Crippen LogP contribution is 2.19. The molecule has 0 saturated heterocycles. The molecule has 1 aromatic heterocycles. The average Bonchev–Trinajstić information content (AvgIpc) is 3.20. The molecule has 180 valence electrons. The smallest absolute Gasteiger partial charge is 0.408 e. The Morgan fingerprint density at radius 1 is 0.912 bits per heavy atom. The second-order valence-electron chi connectivity index (χ2n) is 9.04. The zero-order valence-corrected chi connectivity index (χ0v) is 19.9. The lowest BCUT2D eigenvalue weighted by Gasteiger charge is -2.25. The number of para-hydroxylation sites is 1. The molecule has 3 N–H and O–H groups in total. The summed E-state index contributed by atoms with van der Waals surface area (Å²) in [5.41, 5.74) is 1.91. The lowest BCUT2D eigenvalue weighted by molar-refractivity contribution is -0.145. The van der Waals surface area contributed by atoms with Gasteiger partial charge in [-0.05, 0) is 38.0 Å². The number of carbonyl (C=O) groups is 3. The fourth-order valence-corrected chi connectivity index (χ4v) is 3.64. The van der Waals surface area contributed by atoms with E-state index in [4.69, 9.17) is 9.47 Å². The van der Waals surface area contributed by atoms with Gasteiger partial charge in [0.2, 0.25) is 5.91 Å². The number of alkyl carbamates (subject to hydrolysis) is 1. The van der Waals surface area contributed by atoms with Crippen molar-refractivity contribution in [2.45, 2.75) is 51.3 Å². The first-order chi connectivity index (χ1) is 16.2. The minimum Gasteiger partial charge on any atom is -0.467 e. The SMILES string of the molecule is COC(=O)[C@H](Cc1ccccc1)NC(=O)[C@H](Cc1c[nH]c2ccccc12)NC(=O)OC(C)(C)C. The van der Waals surface area contributed by atoms with Crippen LogP contribution in [0.25, 0.3) is 10.9 Å². The predicted octanol–water partition coefficient (Wildman–Crippen LogP) is 3.50. The highest BCUT2D eigenvalue weighted by Gasteiger charge is 2.29. The third kappa shape index (κ3) is 6.84. The van der Waals surface area contributed by atoms with E-state index >= 15 is 0 Å². The molecule has 1 heterocycles. The number of carbonyl (C=O) groups excluding carboxylic acids is 3. The van der Waals surface area contributed by atoms with Crippen molar-refractivity contribution in [2.75, 3.05) is 7.11 Å². The topological polar surface area (TPSA) is 110 Å². The van der Waals surface area contributed by atoms with Crippen LogP contribution in [0, 0.1) is 0 Å². The van der Waals surface area contributed by atoms with Gasteiger partial charge in [0, 0.05) is 29.9 Å². The second-order valence-corrected chi connectivity index (χ2v) is 9.04. The third-order valence-corrected chi connectivity index (χ3v) is 5.19. The van der Waals surface area contributed by atoms with Gasteiger partial charge < -0.3 is 25.1 Å². The largest absolute Gasteiger partial charge is 0.467 e. The number of methoxy groups -OCH3 is 1. The Kier molecular flexibility index (Phi) is 7.94. The first-order valence-electron chi connectivity index (χ1n) is 11.1. The molecule has 3 rings (SSSR count). The molecule has 3 aromatic rings. The standard InChI is InChI=1S/C26H31N3O5/c1-26(2,3)34-25(32)29-21(15-18-16-27-20-13-9-8-12-19(18)20)23(30)28-22(24(31)33-4)14-17-10-6-5-7-11-17/h5-13,16,21-22,27H,14-15H2,1-4H3,(H,28,30)(H,29,32)/t21-,22-/m0/s1. The summed E-state index contributed by atoms with van der Waals surface area (Å²) in [6, 6.07) is 15.1. The molecule has 8 nitrogen and oxygen atoms in total. The number of amides is 2. The van der Waals surface area contributed by atoms with E-state index in [0.717, 1.165) is 22.0 Å². The molecule has 2 aromatic carbocycles. The fourth-order valence-electron chi connectivity index (χ4n) is 3.64. The molecule has 0 spiro atoms. The molecule has 2 amide bonds. The second kappa shape index (κ2) is 10.9. The maximum atomic E-state index is 13.3. The molecule has 0 radical (unpaired) electrons. The number of benzene rings is 2. The Morgan fingerprint density at radius 2 is 1.59 bits per heavy atom. The van der Waals surface area contributed by atoms with Gasteiger partial charge >= 0.3 is 12.1 Å². The summed E-state index contributed by atoms with van der Waals surface area (Å²) in [5, 5.41) is 6.36. The van der Waals surface area contributed by atoms with Crippen molar-refractivity contribution < 1.29 is 23.9 Å². The predicted molar refractivity (Wildman–Crippen MR) is 129 cm³/mol. The van der Waals surface area contributed by atoms with Crippen LogP contribution in [0.3, 0.4) is 0 Å². The van der Waals surface area contributed by atoms with Crippen LogP contribution in [0.2, 0.25) is 0 Å². The summed E-state index contributed by atoms with van der Waals surface area (Å²) in [6.07, 6.45) is 1.55. The minimum absolute atomic E-state index is 0.203. The van der Waals surface area contributed by atoms with E-state index in [-0.39, 0.29) is 12.8 Å². The van der Waals surface area contributed by atoms with Gasteiger partial charge in [0.1, 0.15) is 17.7 Å². The number of nitrogens with one attached hydrogen (secondary N) is 3. The zero-order valence-electron chi connectivity index (χ0n) is 19.9. The Labute approximate surface area is 199 Å². The Morgan fingerprint density at radius 3 is 2.26 bits per heavy atom. The van der Waals surface area contributed by atoms with Gasteiger partial charge in [-0.3, -0.25) is 4.79 Å². The molecule has 0 saturated carbocycles. The number of aromatic nitrogens is 1. The molecule has 0 fully saturated rings. The number of rotatable bonds is 8. The molecule has 0 aliphatic rings. The minimum atomic E-state index is -0.975. The summed E-state index contributed by atoms with van der Waals surface area (Å²) >= 11 is 0. The fraction of sp³-hybridized carbons (Fsp3) is 0.346. The first-order valence-corrected chi connectivity index (χ1v) is 11.1. The maximum Gasteiger partial charge on any atom is 0.408 e. The van der Waals surface area contributed by atoms with E-state index < -0.39 is 35.7 Å². The summed E-state index contributed by atoms with van der Waals surface area (Å²) in [7, 11) is 1.27. The van der Waals surface area contributed by atoms with Crippen LogP contribution in [-0.2, 0) is 31.9 Å². The van der Waals surface area contributed by atoms with Crippen LogP contribution in [-0.4, -0.2) is 47.7 Å². The van der Waals surface area contributed by atoms with Crippen molar-refractivity contribution in [2.24, 2.45) is 0 Å². The number of fused-ring (bicyclic) bond motifs is 1. The number of aromatic amines is 1. The summed E-state index contributed by atoms with van der Waals surface area (Å²) in [5.74, 6) is -1.08. The Hall–Kier alpha value is -3.81. The molecule has 8 heteroatoms. The van der Waals surface area contributed by atoms with Crippen molar-refractivity contribution in [1.82, 2.24) is 15.6 Å².